The monoisotopic (exact) mass is 196 g/mol. The van der Waals surface area contributed by atoms with Gasteiger partial charge in [-0.3, -0.25) is 0 Å². The van der Waals surface area contributed by atoms with Gasteiger partial charge in [-0.05, 0) is 19.3 Å². The number of hydrogen-bond acceptors (Lipinski definition) is 3. The van der Waals surface area contributed by atoms with Crippen LogP contribution >= 0.6 is 11.3 Å². The molecule has 1 aliphatic carbocycles. The highest BCUT2D eigenvalue weighted by Gasteiger charge is 2.24. The molecule has 1 aliphatic rings. The van der Waals surface area contributed by atoms with Crippen molar-refractivity contribution in [3.8, 4) is 0 Å². The summed E-state index contributed by atoms with van der Waals surface area (Å²) in [4.78, 5) is 4.42. The van der Waals surface area contributed by atoms with E-state index in [0.717, 1.165) is 18.0 Å². The minimum absolute atomic E-state index is 0.332. The second-order valence-corrected chi connectivity index (χ2v) is 4.97. The molecule has 2 rings (SSSR count). The third-order valence-electron chi connectivity index (χ3n) is 2.44. The zero-order valence-corrected chi connectivity index (χ0v) is 8.81. The highest BCUT2D eigenvalue weighted by Crippen LogP contribution is 2.33. The molecule has 2 nitrogen and oxygen atoms in total. The van der Waals surface area contributed by atoms with Crippen LogP contribution in [0.25, 0.3) is 0 Å². The molecule has 1 aromatic rings. The molecule has 1 atom stereocenters. The first kappa shape index (κ1) is 9.16. The minimum atomic E-state index is 0.332. The van der Waals surface area contributed by atoms with Gasteiger partial charge in [0.05, 0.1) is 5.01 Å². The fourth-order valence-corrected chi connectivity index (χ4v) is 2.45. The molecule has 3 heteroatoms. The SMILES string of the molecule is Cc1csc(CC(N)CC2CC2)n1. The van der Waals surface area contributed by atoms with Crippen molar-refractivity contribution in [2.75, 3.05) is 0 Å². The number of aromatic nitrogens is 1. The first-order valence-corrected chi connectivity index (χ1v) is 5.78. The Balaban J connectivity index is 1.82. The van der Waals surface area contributed by atoms with Gasteiger partial charge in [0.1, 0.15) is 0 Å². The Hall–Kier alpha value is -0.410. The molecule has 0 spiro atoms. The van der Waals surface area contributed by atoms with Crippen LogP contribution < -0.4 is 5.73 Å². The van der Waals surface area contributed by atoms with Crippen molar-refractivity contribution in [3.63, 3.8) is 0 Å². The number of thiazole rings is 1. The van der Waals surface area contributed by atoms with Crippen molar-refractivity contribution < 1.29 is 0 Å². The van der Waals surface area contributed by atoms with Gasteiger partial charge in [-0.2, -0.15) is 0 Å². The minimum Gasteiger partial charge on any atom is -0.327 e. The van der Waals surface area contributed by atoms with Gasteiger partial charge in [0.15, 0.2) is 0 Å². The van der Waals surface area contributed by atoms with Crippen LogP contribution in [0.1, 0.15) is 30.0 Å². The number of aryl methyl sites for hydroxylation is 1. The van der Waals surface area contributed by atoms with Gasteiger partial charge >= 0.3 is 0 Å². The van der Waals surface area contributed by atoms with Gasteiger partial charge in [0, 0.05) is 23.5 Å². The molecule has 0 amide bonds. The molecule has 13 heavy (non-hydrogen) atoms. The molecule has 0 saturated heterocycles. The Morgan fingerprint density at radius 2 is 2.46 bits per heavy atom. The highest BCUT2D eigenvalue weighted by atomic mass is 32.1. The molecule has 1 aromatic heterocycles. The molecular formula is C10H16N2S. The molecular weight excluding hydrogens is 180 g/mol. The largest absolute Gasteiger partial charge is 0.327 e. The molecule has 1 heterocycles. The normalized spacial score (nSPS) is 18.9. The smallest absolute Gasteiger partial charge is 0.0943 e. The Bertz CT molecular complexity index is 278. The van der Waals surface area contributed by atoms with Crippen LogP contribution in [0, 0.1) is 12.8 Å². The fraction of sp³-hybridized carbons (Fsp3) is 0.700. The van der Waals surface area contributed by atoms with Crippen LogP contribution in [-0.2, 0) is 6.42 Å². The second-order valence-electron chi connectivity index (χ2n) is 4.03. The second kappa shape index (κ2) is 3.76. The predicted octanol–water partition coefficient (Wildman–Crippen LogP) is 2.12. The van der Waals surface area contributed by atoms with E-state index in [1.807, 2.05) is 6.92 Å². The van der Waals surface area contributed by atoms with E-state index in [1.54, 1.807) is 11.3 Å². The lowest BCUT2D eigenvalue weighted by atomic mass is 10.1. The maximum atomic E-state index is 6.02. The zero-order chi connectivity index (χ0) is 9.26. The van der Waals surface area contributed by atoms with Crippen molar-refractivity contribution >= 4 is 11.3 Å². The summed E-state index contributed by atoms with van der Waals surface area (Å²) in [6.45, 7) is 2.03. The predicted molar refractivity (Wildman–Crippen MR) is 55.9 cm³/mol. The first-order valence-electron chi connectivity index (χ1n) is 4.90. The van der Waals surface area contributed by atoms with Gasteiger partial charge in [0.25, 0.3) is 0 Å². The van der Waals surface area contributed by atoms with E-state index in [0.29, 0.717) is 6.04 Å². The maximum Gasteiger partial charge on any atom is 0.0943 e. The lowest BCUT2D eigenvalue weighted by Crippen LogP contribution is -2.23. The van der Waals surface area contributed by atoms with Gasteiger partial charge < -0.3 is 5.73 Å². The van der Waals surface area contributed by atoms with Crippen LogP contribution in [0.2, 0.25) is 0 Å². The summed E-state index contributed by atoms with van der Waals surface area (Å²) in [5, 5.41) is 3.30. The average Bonchev–Trinajstić information content (AvgIpc) is 2.76. The van der Waals surface area contributed by atoms with Crippen LogP contribution in [0.4, 0.5) is 0 Å². The van der Waals surface area contributed by atoms with Crippen LogP contribution in [0.5, 0.6) is 0 Å². The molecule has 2 N–H and O–H groups in total. The lowest BCUT2D eigenvalue weighted by molar-refractivity contribution is 0.565. The molecule has 0 aliphatic heterocycles. The fourth-order valence-electron chi connectivity index (χ4n) is 1.59. The molecule has 0 radical (unpaired) electrons. The van der Waals surface area contributed by atoms with Gasteiger partial charge in [0.2, 0.25) is 0 Å². The van der Waals surface area contributed by atoms with Crippen molar-refractivity contribution in [1.82, 2.24) is 4.98 Å². The topological polar surface area (TPSA) is 38.9 Å². The van der Waals surface area contributed by atoms with Gasteiger partial charge in [-0.1, -0.05) is 12.8 Å². The number of nitrogens with zero attached hydrogens (tertiary/aromatic N) is 1. The van der Waals surface area contributed by atoms with Crippen molar-refractivity contribution in [2.45, 2.75) is 38.6 Å². The summed E-state index contributed by atoms with van der Waals surface area (Å²) >= 11 is 1.73. The third kappa shape index (κ3) is 2.78. The zero-order valence-electron chi connectivity index (χ0n) is 7.99. The van der Waals surface area contributed by atoms with E-state index in [1.165, 1.54) is 24.3 Å². The van der Waals surface area contributed by atoms with E-state index in [-0.39, 0.29) is 0 Å². The third-order valence-corrected chi connectivity index (χ3v) is 3.43. The summed E-state index contributed by atoms with van der Waals surface area (Å²) in [5.74, 6) is 0.927. The molecule has 1 unspecified atom stereocenters. The molecule has 1 saturated carbocycles. The quantitative estimate of drug-likeness (QED) is 0.801. The van der Waals surface area contributed by atoms with Crippen LogP contribution in [0.3, 0.4) is 0 Å². The summed E-state index contributed by atoms with van der Waals surface area (Å²) in [5.41, 5.74) is 7.15. The van der Waals surface area contributed by atoms with Crippen molar-refractivity contribution in [1.29, 1.82) is 0 Å². The van der Waals surface area contributed by atoms with E-state index in [4.69, 9.17) is 5.73 Å². The summed E-state index contributed by atoms with van der Waals surface area (Å²) in [6, 6.07) is 0.332. The Labute approximate surface area is 83.2 Å². The Kier molecular flexibility index (Phi) is 2.65. The van der Waals surface area contributed by atoms with Gasteiger partial charge in [-0.25, -0.2) is 4.98 Å². The Morgan fingerprint density at radius 1 is 1.69 bits per heavy atom. The molecule has 1 fully saturated rings. The van der Waals surface area contributed by atoms with E-state index in [2.05, 4.69) is 10.4 Å². The number of rotatable bonds is 4. The number of hydrogen-bond donors (Lipinski definition) is 1. The van der Waals surface area contributed by atoms with Crippen molar-refractivity contribution in [3.05, 3.63) is 16.1 Å². The highest BCUT2D eigenvalue weighted by molar-refractivity contribution is 7.09. The molecule has 0 aromatic carbocycles. The Morgan fingerprint density at radius 3 is 3.00 bits per heavy atom. The molecule has 0 bridgehead atoms. The van der Waals surface area contributed by atoms with E-state index in [9.17, 15) is 0 Å². The maximum absolute atomic E-state index is 6.02. The van der Waals surface area contributed by atoms with Crippen LogP contribution in [0.15, 0.2) is 5.38 Å². The lowest BCUT2D eigenvalue weighted by Gasteiger charge is -2.07. The van der Waals surface area contributed by atoms with Gasteiger partial charge in [-0.15, -0.1) is 11.3 Å². The van der Waals surface area contributed by atoms with Crippen molar-refractivity contribution in [2.24, 2.45) is 11.7 Å². The van der Waals surface area contributed by atoms with Crippen LogP contribution in [-0.4, -0.2) is 11.0 Å². The first-order chi connectivity index (χ1) is 6.24. The van der Waals surface area contributed by atoms with E-state index < -0.39 is 0 Å². The average molecular weight is 196 g/mol. The standard InChI is InChI=1S/C10H16N2S/c1-7-6-13-10(12-7)5-9(11)4-8-2-3-8/h6,8-9H,2-5,11H2,1H3. The summed E-state index contributed by atoms with van der Waals surface area (Å²) in [7, 11) is 0. The summed E-state index contributed by atoms with van der Waals surface area (Å²) < 4.78 is 0. The van der Waals surface area contributed by atoms with E-state index >= 15 is 0 Å². The summed E-state index contributed by atoms with van der Waals surface area (Å²) in [6.07, 6.45) is 4.95. The molecule has 72 valence electrons. The number of nitrogens with two attached hydrogens (primary N) is 1.